The number of hydrazone groups is 1. The minimum atomic E-state index is -0.474. The van der Waals surface area contributed by atoms with Gasteiger partial charge in [0, 0.05) is 22.9 Å². The second-order valence-corrected chi connectivity index (χ2v) is 4.61. The van der Waals surface area contributed by atoms with Gasteiger partial charge in [0.05, 0.1) is 4.92 Å². The van der Waals surface area contributed by atoms with Gasteiger partial charge in [-0.1, -0.05) is 13.8 Å². The number of hydrogen-bond donors (Lipinski definition) is 1. The fourth-order valence-electron chi connectivity index (χ4n) is 1.33. The molecule has 1 aromatic rings. The Hall–Kier alpha value is -2.24. The number of hydrogen-bond acceptors (Lipinski definition) is 4. The van der Waals surface area contributed by atoms with E-state index in [0.717, 1.165) is 5.71 Å². The van der Waals surface area contributed by atoms with E-state index in [9.17, 15) is 14.9 Å². The van der Waals surface area contributed by atoms with Crippen molar-refractivity contribution in [1.29, 1.82) is 0 Å². The van der Waals surface area contributed by atoms with Crippen molar-refractivity contribution in [3.8, 4) is 0 Å². The Morgan fingerprint density at radius 2 is 2.05 bits per heavy atom. The average molecular weight is 263 g/mol. The molecule has 19 heavy (non-hydrogen) atoms. The molecule has 6 nitrogen and oxygen atoms in total. The van der Waals surface area contributed by atoms with E-state index in [2.05, 4.69) is 10.5 Å². The molecule has 0 unspecified atom stereocenters. The number of aryl methyl sites for hydroxylation is 1. The SMILES string of the molecule is CC(=NNC(=O)c1ccc([N+](=O)[O-])c(C)c1)C(C)C. The van der Waals surface area contributed by atoms with E-state index in [1.165, 1.54) is 18.2 Å². The summed E-state index contributed by atoms with van der Waals surface area (Å²) >= 11 is 0. The molecular weight excluding hydrogens is 246 g/mol. The Morgan fingerprint density at radius 1 is 1.42 bits per heavy atom. The van der Waals surface area contributed by atoms with Gasteiger partial charge in [-0.3, -0.25) is 14.9 Å². The first-order valence-electron chi connectivity index (χ1n) is 5.92. The highest BCUT2D eigenvalue weighted by molar-refractivity contribution is 5.95. The molecule has 1 aromatic carbocycles. The third-order valence-corrected chi connectivity index (χ3v) is 2.83. The summed E-state index contributed by atoms with van der Waals surface area (Å²) in [5.74, 6) is -0.128. The Bertz CT molecular complexity index is 536. The molecule has 0 radical (unpaired) electrons. The molecule has 0 spiro atoms. The molecule has 1 amide bonds. The highest BCUT2D eigenvalue weighted by Crippen LogP contribution is 2.18. The fraction of sp³-hybridized carbons (Fsp3) is 0.385. The number of nitrogens with one attached hydrogen (secondary N) is 1. The van der Waals surface area contributed by atoms with Crippen LogP contribution in [-0.2, 0) is 0 Å². The number of benzene rings is 1. The lowest BCUT2D eigenvalue weighted by Crippen LogP contribution is -2.20. The van der Waals surface area contributed by atoms with Gasteiger partial charge >= 0.3 is 0 Å². The maximum Gasteiger partial charge on any atom is 0.272 e. The van der Waals surface area contributed by atoms with Gasteiger partial charge in [0.15, 0.2) is 0 Å². The summed E-state index contributed by atoms with van der Waals surface area (Å²) in [6, 6.07) is 4.22. The van der Waals surface area contributed by atoms with Crippen LogP contribution in [0.3, 0.4) is 0 Å². The van der Waals surface area contributed by atoms with Crippen LogP contribution in [0.15, 0.2) is 23.3 Å². The highest BCUT2D eigenvalue weighted by Gasteiger charge is 2.13. The fourth-order valence-corrected chi connectivity index (χ4v) is 1.33. The van der Waals surface area contributed by atoms with Crippen LogP contribution in [0.4, 0.5) is 5.69 Å². The normalized spacial score (nSPS) is 11.5. The predicted octanol–water partition coefficient (Wildman–Crippen LogP) is 2.66. The topological polar surface area (TPSA) is 84.6 Å². The second-order valence-electron chi connectivity index (χ2n) is 4.61. The third kappa shape index (κ3) is 3.87. The van der Waals surface area contributed by atoms with Crippen molar-refractivity contribution >= 4 is 17.3 Å². The van der Waals surface area contributed by atoms with Gasteiger partial charge in [0.25, 0.3) is 11.6 Å². The molecule has 0 bridgehead atoms. The highest BCUT2D eigenvalue weighted by atomic mass is 16.6. The van der Waals surface area contributed by atoms with Crippen molar-refractivity contribution in [3.63, 3.8) is 0 Å². The molecule has 0 aromatic heterocycles. The molecule has 6 heteroatoms. The maximum atomic E-state index is 11.8. The first-order valence-corrected chi connectivity index (χ1v) is 5.92. The molecule has 0 aliphatic heterocycles. The van der Waals surface area contributed by atoms with Crippen LogP contribution in [0, 0.1) is 23.0 Å². The number of carbonyl (C=O) groups is 1. The first-order chi connectivity index (χ1) is 8.82. The van der Waals surface area contributed by atoms with Gasteiger partial charge in [-0.2, -0.15) is 5.10 Å². The lowest BCUT2D eigenvalue weighted by atomic mass is 10.1. The summed E-state index contributed by atoms with van der Waals surface area (Å²) in [6.45, 7) is 7.37. The van der Waals surface area contributed by atoms with Gasteiger partial charge in [-0.05, 0) is 31.9 Å². The van der Waals surface area contributed by atoms with Gasteiger partial charge in [0.2, 0.25) is 0 Å². The van der Waals surface area contributed by atoms with Crippen LogP contribution in [-0.4, -0.2) is 16.5 Å². The number of amides is 1. The summed E-state index contributed by atoms with van der Waals surface area (Å²) in [4.78, 5) is 22.0. The van der Waals surface area contributed by atoms with Crippen molar-refractivity contribution in [1.82, 2.24) is 5.43 Å². The van der Waals surface area contributed by atoms with Crippen LogP contribution in [0.2, 0.25) is 0 Å². The number of nitrogens with zero attached hydrogens (tertiary/aromatic N) is 2. The Labute approximate surface area is 111 Å². The van der Waals surface area contributed by atoms with Crippen LogP contribution in [0.25, 0.3) is 0 Å². The Kier molecular flexibility index (Phi) is 4.74. The van der Waals surface area contributed by atoms with E-state index in [1.54, 1.807) is 6.92 Å². The van der Waals surface area contributed by atoms with Crippen molar-refractivity contribution < 1.29 is 9.72 Å². The van der Waals surface area contributed by atoms with Crippen molar-refractivity contribution in [2.75, 3.05) is 0 Å². The monoisotopic (exact) mass is 263 g/mol. The van der Waals surface area contributed by atoms with E-state index in [-0.39, 0.29) is 17.5 Å². The molecule has 0 aliphatic carbocycles. The van der Waals surface area contributed by atoms with Crippen molar-refractivity contribution in [2.24, 2.45) is 11.0 Å². The quantitative estimate of drug-likeness (QED) is 0.515. The van der Waals surface area contributed by atoms with E-state index < -0.39 is 4.92 Å². The van der Waals surface area contributed by atoms with E-state index in [4.69, 9.17) is 0 Å². The molecule has 1 N–H and O–H groups in total. The molecule has 0 aliphatic rings. The maximum absolute atomic E-state index is 11.8. The van der Waals surface area contributed by atoms with Crippen molar-refractivity contribution in [2.45, 2.75) is 27.7 Å². The van der Waals surface area contributed by atoms with E-state index >= 15 is 0 Å². The van der Waals surface area contributed by atoms with Crippen LogP contribution < -0.4 is 5.43 Å². The molecule has 0 saturated carbocycles. The average Bonchev–Trinajstić information content (AvgIpc) is 2.34. The largest absolute Gasteiger partial charge is 0.272 e. The van der Waals surface area contributed by atoms with Crippen LogP contribution in [0.5, 0.6) is 0 Å². The van der Waals surface area contributed by atoms with E-state index in [0.29, 0.717) is 11.1 Å². The van der Waals surface area contributed by atoms with Crippen LogP contribution in [0.1, 0.15) is 36.7 Å². The predicted molar refractivity (Wildman–Crippen MR) is 73.2 cm³/mol. The van der Waals surface area contributed by atoms with Gasteiger partial charge in [0.1, 0.15) is 0 Å². The zero-order valence-corrected chi connectivity index (χ0v) is 11.4. The van der Waals surface area contributed by atoms with Crippen molar-refractivity contribution in [3.05, 3.63) is 39.4 Å². The molecule has 102 valence electrons. The number of nitro benzene ring substituents is 1. The summed E-state index contributed by atoms with van der Waals surface area (Å²) in [6.07, 6.45) is 0. The van der Waals surface area contributed by atoms with Gasteiger partial charge in [-0.15, -0.1) is 0 Å². The Balaban J connectivity index is 2.87. The number of carbonyl (C=O) groups excluding carboxylic acids is 1. The number of rotatable bonds is 4. The second kappa shape index (κ2) is 6.08. The standard InChI is InChI=1S/C13H17N3O3/c1-8(2)10(4)14-15-13(17)11-5-6-12(16(18)19)9(3)7-11/h5-8H,1-4H3,(H,15,17). The summed E-state index contributed by atoms with van der Waals surface area (Å²) < 4.78 is 0. The van der Waals surface area contributed by atoms with E-state index in [1.807, 2.05) is 20.8 Å². The lowest BCUT2D eigenvalue weighted by Gasteiger charge is -2.05. The molecule has 0 atom stereocenters. The zero-order chi connectivity index (χ0) is 14.6. The molecule has 0 fully saturated rings. The first kappa shape index (κ1) is 14.8. The smallest absolute Gasteiger partial charge is 0.267 e. The molecule has 1 rings (SSSR count). The summed E-state index contributed by atoms with van der Waals surface area (Å²) in [5, 5.41) is 14.6. The molecule has 0 saturated heterocycles. The van der Waals surface area contributed by atoms with Crippen LogP contribution >= 0.6 is 0 Å². The third-order valence-electron chi connectivity index (χ3n) is 2.83. The zero-order valence-electron chi connectivity index (χ0n) is 11.4. The summed E-state index contributed by atoms with van der Waals surface area (Å²) in [5.41, 5.74) is 4.04. The molecular formula is C13H17N3O3. The minimum absolute atomic E-state index is 0.00147. The van der Waals surface area contributed by atoms with Gasteiger partial charge < -0.3 is 0 Å². The summed E-state index contributed by atoms with van der Waals surface area (Å²) in [7, 11) is 0. The van der Waals surface area contributed by atoms with Gasteiger partial charge in [-0.25, -0.2) is 5.43 Å². The minimum Gasteiger partial charge on any atom is -0.267 e. The lowest BCUT2D eigenvalue weighted by molar-refractivity contribution is -0.385. The Morgan fingerprint density at radius 3 is 2.53 bits per heavy atom. The number of nitro groups is 1. The molecule has 0 heterocycles.